The molecule has 1 aromatic heterocycles. The van der Waals surface area contributed by atoms with Crippen LogP contribution in [0.1, 0.15) is 13.8 Å². The molecule has 0 fully saturated rings. The molecule has 0 aliphatic rings. The minimum Gasteiger partial charge on any atom is -0.490 e. The summed E-state index contributed by atoms with van der Waals surface area (Å²) in [5.41, 5.74) is 4.93. The molecule has 0 saturated heterocycles. The lowest BCUT2D eigenvalue weighted by atomic mass is 9.98. The molecule has 2 N–H and O–H groups in total. The average molecular weight is 191 g/mol. The van der Waals surface area contributed by atoms with Crippen molar-refractivity contribution in [3.05, 3.63) is 18.3 Å². The lowest BCUT2D eigenvalue weighted by Crippen LogP contribution is -2.19. The zero-order chi connectivity index (χ0) is 10.6. The van der Waals surface area contributed by atoms with Crippen molar-refractivity contribution in [2.75, 3.05) is 12.3 Å². The number of pyridine rings is 1. The predicted octanol–water partition coefficient (Wildman–Crippen LogP) is 1.59. The Kier molecular flexibility index (Phi) is 2.92. The topological polar surface area (TPSA) is 71.9 Å². The third-order valence-corrected chi connectivity index (χ3v) is 1.66. The maximum Gasteiger partial charge on any atom is 0.137 e. The summed E-state index contributed by atoms with van der Waals surface area (Å²) in [6, 6.07) is 5.55. The van der Waals surface area contributed by atoms with Crippen LogP contribution < -0.4 is 10.5 Å². The highest BCUT2D eigenvalue weighted by Gasteiger charge is 2.17. The van der Waals surface area contributed by atoms with Gasteiger partial charge < -0.3 is 10.5 Å². The van der Waals surface area contributed by atoms with Gasteiger partial charge in [0.25, 0.3) is 0 Å². The van der Waals surface area contributed by atoms with Crippen molar-refractivity contribution in [3.8, 4) is 11.8 Å². The minimum atomic E-state index is -0.485. The summed E-state index contributed by atoms with van der Waals surface area (Å²) < 4.78 is 5.38. The van der Waals surface area contributed by atoms with Crippen LogP contribution in [0.3, 0.4) is 0 Å². The number of rotatable bonds is 3. The Morgan fingerprint density at radius 2 is 2.29 bits per heavy atom. The molecular weight excluding hydrogens is 178 g/mol. The Morgan fingerprint density at radius 3 is 2.79 bits per heavy atom. The molecule has 74 valence electrons. The summed E-state index contributed by atoms with van der Waals surface area (Å²) in [6.45, 7) is 3.98. The van der Waals surface area contributed by atoms with Gasteiger partial charge in [0.05, 0.1) is 17.7 Å². The summed E-state index contributed by atoms with van der Waals surface area (Å²) in [4.78, 5) is 3.88. The standard InChI is InChI=1S/C10H13N3O/c1-10(2,6-11)7-14-8-3-4-9(12)13-5-8/h3-5H,7H2,1-2H3,(H2,12,13). The predicted molar refractivity (Wildman–Crippen MR) is 53.5 cm³/mol. The van der Waals surface area contributed by atoms with E-state index in [9.17, 15) is 0 Å². The van der Waals surface area contributed by atoms with Crippen LogP contribution in [0.15, 0.2) is 18.3 Å². The average Bonchev–Trinajstić information content (AvgIpc) is 2.17. The second-order valence-electron chi connectivity index (χ2n) is 3.70. The maximum atomic E-state index is 8.75. The molecule has 0 aromatic carbocycles. The molecule has 0 unspecified atom stereocenters. The first-order chi connectivity index (χ1) is 6.53. The van der Waals surface area contributed by atoms with Crippen LogP contribution in [0.2, 0.25) is 0 Å². The normalized spacial score (nSPS) is 10.6. The molecule has 0 aliphatic carbocycles. The van der Waals surface area contributed by atoms with Gasteiger partial charge in [-0.05, 0) is 26.0 Å². The Bertz CT molecular complexity index is 337. The fourth-order valence-corrected chi connectivity index (χ4v) is 0.773. The Balaban J connectivity index is 2.55. The highest BCUT2D eigenvalue weighted by molar-refractivity contribution is 5.32. The molecule has 0 bridgehead atoms. The van der Waals surface area contributed by atoms with Gasteiger partial charge in [0, 0.05) is 0 Å². The van der Waals surface area contributed by atoms with Crippen LogP contribution in [0.4, 0.5) is 5.82 Å². The number of anilines is 1. The fraction of sp³-hybridized carbons (Fsp3) is 0.400. The monoisotopic (exact) mass is 191 g/mol. The number of nitrogens with zero attached hydrogens (tertiary/aromatic N) is 2. The van der Waals surface area contributed by atoms with E-state index >= 15 is 0 Å². The van der Waals surface area contributed by atoms with Crippen molar-refractivity contribution >= 4 is 5.82 Å². The highest BCUT2D eigenvalue weighted by Crippen LogP contribution is 2.17. The van der Waals surface area contributed by atoms with Gasteiger partial charge in [-0.3, -0.25) is 0 Å². The van der Waals surface area contributed by atoms with Crippen molar-refractivity contribution in [2.24, 2.45) is 5.41 Å². The molecule has 1 aromatic rings. The van der Waals surface area contributed by atoms with Crippen LogP contribution in [0.25, 0.3) is 0 Å². The molecule has 1 heterocycles. The first-order valence-electron chi connectivity index (χ1n) is 4.29. The Morgan fingerprint density at radius 1 is 1.57 bits per heavy atom. The first-order valence-corrected chi connectivity index (χ1v) is 4.29. The molecule has 1 rings (SSSR count). The molecule has 0 aliphatic heterocycles. The van der Waals surface area contributed by atoms with Gasteiger partial charge in [-0.25, -0.2) is 4.98 Å². The lowest BCUT2D eigenvalue weighted by Gasteiger charge is -2.15. The molecule has 0 atom stereocenters. The van der Waals surface area contributed by atoms with Gasteiger partial charge in [0.1, 0.15) is 18.2 Å². The lowest BCUT2D eigenvalue weighted by molar-refractivity contribution is 0.226. The maximum absolute atomic E-state index is 8.75. The number of nitrogens with two attached hydrogens (primary N) is 1. The van der Waals surface area contributed by atoms with Gasteiger partial charge in [-0.2, -0.15) is 5.26 Å². The van der Waals surface area contributed by atoms with Crippen molar-refractivity contribution in [2.45, 2.75) is 13.8 Å². The molecule has 0 amide bonds. The molecule has 0 saturated carbocycles. The summed E-state index contributed by atoms with van der Waals surface area (Å²) in [7, 11) is 0. The Labute approximate surface area is 83.3 Å². The van der Waals surface area contributed by atoms with Crippen molar-refractivity contribution in [3.63, 3.8) is 0 Å². The number of nitrogen functional groups attached to an aromatic ring is 1. The van der Waals surface area contributed by atoms with Crippen LogP contribution >= 0.6 is 0 Å². The van der Waals surface area contributed by atoms with E-state index in [1.54, 1.807) is 18.3 Å². The van der Waals surface area contributed by atoms with Crippen molar-refractivity contribution < 1.29 is 4.74 Å². The third kappa shape index (κ3) is 2.94. The van der Waals surface area contributed by atoms with E-state index < -0.39 is 5.41 Å². The second kappa shape index (κ2) is 3.97. The van der Waals surface area contributed by atoms with Crippen molar-refractivity contribution in [1.82, 2.24) is 4.98 Å². The van der Waals surface area contributed by atoms with Gasteiger partial charge in [-0.15, -0.1) is 0 Å². The summed E-state index contributed by atoms with van der Waals surface area (Å²) in [6.07, 6.45) is 1.54. The molecular formula is C10H13N3O. The number of nitriles is 1. The highest BCUT2D eigenvalue weighted by atomic mass is 16.5. The SMILES string of the molecule is CC(C)(C#N)COc1ccc(N)nc1. The number of aromatic nitrogens is 1. The fourth-order valence-electron chi connectivity index (χ4n) is 0.773. The van der Waals surface area contributed by atoms with Gasteiger partial charge in [0.15, 0.2) is 0 Å². The Hall–Kier alpha value is -1.76. The zero-order valence-corrected chi connectivity index (χ0v) is 8.32. The quantitative estimate of drug-likeness (QED) is 0.787. The van der Waals surface area contributed by atoms with Crippen LogP contribution in [-0.2, 0) is 0 Å². The summed E-state index contributed by atoms with van der Waals surface area (Å²) >= 11 is 0. The largest absolute Gasteiger partial charge is 0.490 e. The van der Waals surface area contributed by atoms with E-state index in [-0.39, 0.29) is 0 Å². The van der Waals surface area contributed by atoms with Crippen LogP contribution in [0.5, 0.6) is 5.75 Å². The molecule has 14 heavy (non-hydrogen) atoms. The minimum absolute atomic E-state index is 0.342. The smallest absolute Gasteiger partial charge is 0.137 e. The van der Waals surface area contributed by atoms with E-state index in [1.807, 2.05) is 13.8 Å². The summed E-state index contributed by atoms with van der Waals surface area (Å²) in [5.74, 6) is 1.08. The molecule has 0 radical (unpaired) electrons. The number of ether oxygens (including phenoxy) is 1. The van der Waals surface area contributed by atoms with E-state index in [0.717, 1.165) is 0 Å². The van der Waals surface area contributed by atoms with Gasteiger partial charge in [0.2, 0.25) is 0 Å². The van der Waals surface area contributed by atoms with Crippen LogP contribution in [0, 0.1) is 16.7 Å². The van der Waals surface area contributed by atoms with Gasteiger partial charge >= 0.3 is 0 Å². The molecule has 0 spiro atoms. The van der Waals surface area contributed by atoms with E-state index in [0.29, 0.717) is 18.2 Å². The number of hydrogen-bond donors (Lipinski definition) is 1. The van der Waals surface area contributed by atoms with E-state index in [4.69, 9.17) is 15.7 Å². The van der Waals surface area contributed by atoms with Crippen molar-refractivity contribution in [1.29, 1.82) is 5.26 Å². The van der Waals surface area contributed by atoms with Crippen LogP contribution in [-0.4, -0.2) is 11.6 Å². The zero-order valence-electron chi connectivity index (χ0n) is 8.32. The van der Waals surface area contributed by atoms with E-state index in [1.165, 1.54) is 0 Å². The van der Waals surface area contributed by atoms with E-state index in [2.05, 4.69) is 11.1 Å². The molecule has 4 nitrogen and oxygen atoms in total. The molecule has 4 heteroatoms. The summed E-state index contributed by atoms with van der Waals surface area (Å²) in [5, 5.41) is 8.75. The number of hydrogen-bond acceptors (Lipinski definition) is 4. The second-order valence-corrected chi connectivity index (χ2v) is 3.70. The first kappa shape index (κ1) is 10.3. The van der Waals surface area contributed by atoms with Gasteiger partial charge in [-0.1, -0.05) is 0 Å². The third-order valence-electron chi connectivity index (χ3n) is 1.66.